The Balaban J connectivity index is 2.47. The molecule has 0 saturated heterocycles. The van der Waals surface area contributed by atoms with E-state index in [0.717, 1.165) is 31.6 Å². The zero-order valence-corrected chi connectivity index (χ0v) is 13.2. The molecular weight excluding hydrogens is 293 g/mol. The van der Waals surface area contributed by atoms with Crippen molar-refractivity contribution in [1.29, 1.82) is 0 Å². The second-order valence-corrected chi connectivity index (χ2v) is 5.21. The summed E-state index contributed by atoms with van der Waals surface area (Å²) in [5.41, 5.74) is -0.0770. The van der Waals surface area contributed by atoms with Crippen LogP contribution in [0, 0.1) is 0 Å². The number of hydrogen-bond acceptors (Lipinski definition) is 2. The van der Waals surface area contributed by atoms with Crippen LogP contribution in [0.5, 0.6) is 0 Å². The fraction of sp³-hybridized carbons (Fsp3) is 0.533. The lowest BCUT2D eigenvalue weighted by Crippen LogP contribution is -2.38. The smallest absolute Gasteiger partial charge is 0.356 e. The highest BCUT2D eigenvalue weighted by Gasteiger charge is 2.30. The quantitative estimate of drug-likeness (QED) is 0.481. The van der Waals surface area contributed by atoms with Gasteiger partial charge in [0.1, 0.15) is 0 Å². The number of nitrogens with one attached hydrogen (secondary N) is 2. The molecule has 0 aromatic heterocycles. The zero-order chi connectivity index (χ0) is 16.6. The summed E-state index contributed by atoms with van der Waals surface area (Å²) >= 11 is 0. The predicted octanol–water partition coefficient (Wildman–Crippen LogP) is 2.32. The first-order chi connectivity index (χ1) is 10.3. The largest absolute Gasteiger partial charge is 0.416 e. The van der Waals surface area contributed by atoms with Gasteiger partial charge in [0, 0.05) is 20.1 Å². The molecule has 0 aliphatic heterocycles. The van der Waals surface area contributed by atoms with Crippen LogP contribution in [0.15, 0.2) is 29.3 Å². The Labute approximate surface area is 129 Å². The Hall–Kier alpha value is -1.76. The monoisotopic (exact) mass is 316 g/mol. The number of rotatable bonds is 6. The second-order valence-electron chi connectivity index (χ2n) is 5.21. The lowest BCUT2D eigenvalue weighted by atomic mass is 10.1. The molecule has 0 atom stereocenters. The van der Waals surface area contributed by atoms with Gasteiger partial charge in [0.15, 0.2) is 5.96 Å². The van der Waals surface area contributed by atoms with Crippen LogP contribution in [0.1, 0.15) is 17.5 Å². The summed E-state index contributed by atoms with van der Waals surface area (Å²) in [7, 11) is 5.63. The van der Waals surface area contributed by atoms with Crippen LogP contribution >= 0.6 is 0 Å². The average molecular weight is 316 g/mol. The van der Waals surface area contributed by atoms with Crippen molar-refractivity contribution in [3.8, 4) is 0 Å². The maximum atomic E-state index is 12.6. The van der Waals surface area contributed by atoms with E-state index in [9.17, 15) is 13.2 Å². The van der Waals surface area contributed by atoms with E-state index in [1.54, 1.807) is 13.1 Å². The SMILES string of the molecule is CN=C(NCCCN(C)C)NCc1cccc(C(F)(F)F)c1. The minimum atomic E-state index is -4.32. The maximum absolute atomic E-state index is 12.6. The minimum absolute atomic E-state index is 0.289. The molecule has 7 heteroatoms. The van der Waals surface area contributed by atoms with Crippen LogP contribution in [0.4, 0.5) is 13.2 Å². The van der Waals surface area contributed by atoms with Crippen molar-refractivity contribution in [3.63, 3.8) is 0 Å². The molecule has 1 aromatic carbocycles. The van der Waals surface area contributed by atoms with Gasteiger partial charge in [0.25, 0.3) is 0 Å². The van der Waals surface area contributed by atoms with Crippen molar-refractivity contribution in [1.82, 2.24) is 15.5 Å². The Bertz CT molecular complexity index is 484. The summed E-state index contributed by atoms with van der Waals surface area (Å²) in [5, 5.41) is 6.14. The number of alkyl halides is 3. The fourth-order valence-corrected chi connectivity index (χ4v) is 1.87. The third-order valence-corrected chi connectivity index (χ3v) is 3.01. The number of aliphatic imine (C=N–C) groups is 1. The summed E-state index contributed by atoms with van der Waals surface area (Å²) in [6.07, 6.45) is -3.36. The molecule has 0 amide bonds. The molecule has 0 fully saturated rings. The normalized spacial score (nSPS) is 12.6. The zero-order valence-electron chi connectivity index (χ0n) is 13.2. The topological polar surface area (TPSA) is 39.7 Å². The molecule has 4 nitrogen and oxygen atoms in total. The third-order valence-electron chi connectivity index (χ3n) is 3.01. The van der Waals surface area contributed by atoms with E-state index in [2.05, 4.69) is 20.5 Å². The van der Waals surface area contributed by atoms with Gasteiger partial charge in [-0.1, -0.05) is 12.1 Å². The van der Waals surface area contributed by atoms with Gasteiger partial charge >= 0.3 is 6.18 Å². The Morgan fingerprint density at radius 3 is 2.55 bits per heavy atom. The summed E-state index contributed by atoms with van der Waals surface area (Å²) in [6.45, 7) is 2.00. The fourth-order valence-electron chi connectivity index (χ4n) is 1.87. The van der Waals surface area contributed by atoms with Gasteiger partial charge in [-0.25, -0.2) is 0 Å². The maximum Gasteiger partial charge on any atom is 0.416 e. The van der Waals surface area contributed by atoms with Crippen molar-refractivity contribution >= 4 is 5.96 Å². The van der Waals surface area contributed by atoms with Gasteiger partial charge in [-0.15, -0.1) is 0 Å². The molecule has 1 aromatic rings. The first-order valence-electron chi connectivity index (χ1n) is 7.08. The Kier molecular flexibility index (Phi) is 7.17. The van der Waals surface area contributed by atoms with Gasteiger partial charge in [-0.3, -0.25) is 4.99 Å². The molecule has 0 heterocycles. The van der Waals surface area contributed by atoms with E-state index in [4.69, 9.17) is 0 Å². The van der Waals surface area contributed by atoms with Crippen LogP contribution in [-0.2, 0) is 12.7 Å². The van der Waals surface area contributed by atoms with E-state index in [-0.39, 0.29) is 6.54 Å². The standard InChI is InChI=1S/C15H23F3N4/c1-19-14(20-8-5-9-22(2)3)21-11-12-6-4-7-13(10-12)15(16,17)18/h4,6-7,10H,5,8-9,11H2,1-3H3,(H2,19,20,21). The summed E-state index contributed by atoms with van der Waals surface area (Å²) in [6, 6.07) is 5.28. The van der Waals surface area contributed by atoms with Crippen molar-refractivity contribution in [2.24, 2.45) is 4.99 Å². The van der Waals surface area contributed by atoms with E-state index in [1.807, 2.05) is 14.1 Å². The molecule has 0 spiro atoms. The highest BCUT2D eigenvalue weighted by Crippen LogP contribution is 2.29. The van der Waals surface area contributed by atoms with Crippen LogP contribution in [0.25, 0.3) is 0 Å². The molecule has 0 saturated carbocycles. The highest BCUT2D eigenvalue weighted by molar-refractivity contribution is 5.79. The van der Waals surface area contributed by atoms with Crippen LogP contribution in [0.2, 0.25) is 0 Å². The van der Waals surface area contributed by atoms with Crippen molar-refractivity contribution in [2.75, 3.05) is 34.2 Å². The first-order valence-corrected chi connectivity index (χ1v) is 7.08. The summed E-state index contributed by atoms with van der Waals surface area (Å²) in [5.74, 6) is 0.580. The van der Waals surface area contributed by atoms with Crippen molar-refractivity contribution in [2.45, 2.75) is 19.1 Å². The van der Waals surface area contributed by atoms with Crippen LogP contribution in [0.3, 0.4) is 0 Å². The highest BCUT2D eigenvalue weighted by atomic mass is 19.4. The lowest BCUT2D eigenvalue weighted by molar-refractivity contribution is -0.137. The number of guanidine groups is 1. The van der Waals surface area contributed by atoms with Crippen LogP contribution in [-0.4, -0.2) is 45.1 Å². The first kappa shape index (κ1) is 18.3. The Morgan fingerprint density at radius 2 is 1.95 bits per heavy atom. The molecule has 1 rings (SSSR count). The number of halogens is 3. The number of nitrogens with zero attached hydrogens (tertiary/aromatic N) is 2. The number of hydrogen-bond donors (Lipinski definition) is 2. The molecule has 0 unspecified atom stereocenters. The molecule has 2 N–H and O–H groups in total. The van der Waals surface area contributed by atoms with Gasteiger partial charge in [0.2, 0.25) is 0 Å². The molecule has 22 heavy (non-hydrogen) atoms. The van der Waals surface area contributed by atoms with Crippen molar-refractivity contribution in [3.05, 3.63) is 35.4 Å². The lowest BCUT2D eigenvalue weighted by Gasteiger charge is -2.14. The molecular formula is C15H23F3N4. The van der Waals surface area contributed by atoms with E-state index < -0.39 is 11.7 Å². The minimum Gasteiger partial charge on any atom is -0.356 e. The number of benzene rings is 1. The Morgan fingerprint density at radius 1 is 1.23 bits per heavy atom. The molecule has 0 aliphatic carbocycles. The predicted molar refractivity (Wildman–Crippen MR) is 82.8 cm³/mol. The summed E-state index contributed by atoms with van der Waals surface area (Å²) < 4.78 is 37.9. The van der Waals surface area contributed by atoms with Gasteiger partial charge in [-0.05, 0) is 44.8 Å². The van der Waals surface area contributed by atoms with Gasteiger partial charge in [0.05, 0.1) is 5.56 Å². The average Bonchev–Trinajstić information content (AvgIpc) is 2.45. The third kappa shape index (κ3) is 6.80. The van der Waals surface area contributed by atoms with E-state index in [1.165, 1.54) is 6.07 Å². The molecule has 124 valence electrons. The molecule has 0 aliphatic rings. The van der Waals surface area contributed by atoms with E-state index in [0.29, 0.717) is 11.5 Å². The van der Waals surface area contributed by atoms with Gasteiger partial charge < -0.3 is 15.5 Å². The molecule has 0 bridgehead atoms. The van der Waals surface area contributed by atoms with E-state index >= 15 is 0 Å². The molecule has 0 radical (unpaired) electrons. The summed E-state index contributed by atoms with van der Waals surface area (Å²) in [4.78, 5) is 6.13. The van der Waals surface area contributed by atoms with Crippen molar-refractivity contribution < 1.29 is 13.2 Å². The second kappa shape index (κ2) is 8.63. The van der Waals surface area contributed by atoms with Crippen LogP contribution < -0.4 is 10.6 Å². The van der Waals surface area contributed by atoms with Gasteiger partial charge in [-0.2, -0.15) is 13.2 Å².